The van der Waals surface area contributed by atoms with Crippen LogP contribution in [0.1, 0.15) is 43.0 Å². The minimum atomic E-state index is -0.445. The number of nitrogens with zero attached hydrogens (tertiary/aromatic N) is 3. The van der Waals surface area contributed by atoms with Gasteiger partial charge in [-0.2, -0.15) is 0 Å². The molecule has 1 aliphatic heterocycles. The van der Waals surface area contributed by atoms with Crippen LogP contribution in [0.15, 0.2) is 18.2 Å². The zero-order valence-electron chi connectivity index (χ0n) is 16.6. The molecule has 3 fully saturated rings. The molecule has 4 rings (SSSR count). The van der Waals surface area contributed by atoms with Crippen molar-refractivity contribution in [1.82, 2.24) is 15.1 Å². The second kappa shape index (κ2) is 7.98. The molecule has 2 N–H and O–H groups in total. The SMILES string of the molecule is CC(C(=O)NC1CC1)N1CCN(C(=O)c2ccc(NC3CC3)c([N+](=O)[O-])c2)CC1. The maximum absolute atomic E-state index is 12.9. The molecule has 29 heavy (non-hydrogen) atoms. The van der Waals surface area contributed by atoms with E-state index in [1.165, 1.54) is 6.07 Å². The third-order valence-corrected chi connectivity index (χ3v) is 5.83. The Hall–Kier alpha value is -2.68. The highest BCUT2D eigenvalue weighted by molar-refractivity contribution is 5.96. The molecule has 0 aromatic heterocycles. The average Bonchev–Trinajstić information content (AvgIpc) is 3.64. The van der Waals surface area contributed by atoms with Gasteiger partial charge in [0.2, 0.25) is 5.91 Å². The quantitative estimate of drug-likeness (QED) is 0.531. The molecule has 1 aromatic rings. The number of nitro groups is 1. The second-order valence-corrected chi connectivity index (χ2v) is 8.19. The summed E-state index contributed by atoms with van der Waals surface area (Å²) in [5, 5.41) is 17.6. The number of amides is 2. The van der Waals surface area contributed by atoms with E-state index in [-0.39, 0.29) is 23.5 Å². The molecule has 0 bridgehead atoms. The number of nitro benzene ring substituents is 1. The Morgan fingerprint density at radius 2 is 1.76 bits per heavy atom. The summed E-state index contributed by atoms with van der Waals surface area (Å²) in [5.74, 6) is -0.164. The first kappa shape index (κ1) is 19.6. The fourth-order valence-electron chi connectivity index (χ4n) is 3.60. The van der Waals surface area contributed by atoms with Crippen LogP contribution in [-0.4, -0.2) is 70.8 Å². The van der Waals surface area contributed by atoms with Gasteiger partial charge in [-0.15, -0.1) is 0 Å². The Balaban J connectivity index is 1.36. The van der Waals surface area contributed by atoms with Crippen molar-refractivity contribution < 1.29 is 14.5 Å². The van der Waals surface area contributed by atoms with Gasteiger partial charge < -0.3 is 15.5 Å². The van der Waals surface area contributed by atoms with Crippen molar-refractivity contribution in [2.45, 2.75) is 50.7 Å². The van der Waals surface area contributed by atoms with Crippen molar-refractivity contribution in [2.24, 2.45) is 0 Å². The molecular formula is C20H27N5O4. The Labute approximate surface area is 169 Å². The minimum absolute atomic E-state index is 0.0432. The van der Waals surface area contributed by atoms with Crippen molar-refractivity contribution >= 4 is 23.2 Å². The molecule has 2 amide bonds. The van der Waals surface area contributed by atoms with Gasteiger partial charge >= 0.3 is 0 Å². The molecule has 9 heteroatoms. The largest absolute Gasteiger partial charge is 0.377 e. The highest BCUT2D eigenvalue weighted by atomic mass is 16.6. The van der Waals surface area contributed by atoms with Crippen LogP contribution in [0.25, 0.3) is 0 Å². The van der Waals surface area contributed by atoms with Crippen LogP contribution in [0, 0.1) is 10.1 Å². The normalized spacial score (nSPS) is 20.8. The first-order chi connectivity index (χ1) is 13.9. The van der Waals surface area contributed by atoms with Crippen LogP contribution < -0.4 is 10.6 Å². The van der Waals surface area contributed by atoms with E-state index in [9.17, 15) is 19.7 Å². The predicted molar refractivity (Wildman–Crippen MR) is 108 cm³/mol. The van der Waals surface area contributed by atoms with Gasteiger partial charge in [-0.25, -0.2) is 0 Å². The third kappa shape index (κ3) is 4.67. The van der Waals surface area contributed by atoms with Crippen LogP contribution in [0.3, 0.4) is 0 Å². The molecular weight excluding hydrogens is 374 g/mol. The topological polar surface area (TPSA) is 108 Å². The van der Waals surface area contributed by atoms with E-state index in [2.05, 4.69) is 15.5 Å². The molecule has 0 spiro atoms. The molecule has 156 valence electrons. The molecule has 2 aliphatic carbocycles. The molecule has 1 saturated heterocycles. The lowest BCUT2D eigenvalue weighted by molar-refractivity contribution is -0.384. The van der Waals surface area contributed by atoms with Crippen molar-refractivity contribution in [3.05, 3.63) is 33.9 Å². The van der Waals surface area contributed by atoms with Gasteiger partial charge in [-0.05, 0) is 44.7 Å². The molecule has 2 saturated carbocycles. The standard InChI is InChI=1S/C20H27N5O4/c1-13(19(26)22-16-5-6-16)23-8-10-24(11-9-23)20(27)14-2-7-17(21-15-3-4-15)18(12-14)25(28)29/h2,7,12-13,15-16,21H,3-6,8-11H2,1H3,(H,22,26). The molecule has 3 aliphatic rings. The Bertz CT molecular complexity index is 813. The monoisotopic (exact) mass is 401 g/mol. The summed E-state index contributed by atoms with van der Waals surface area (Å²) < 4.78 is 0. The Kier molecular flexibility index (Phi) is 5.40. The number of rotatable bonds is 7. The fourth-order valence-corrected chi connectivity index (χ4v) is 3.60. The van der Waals surface area contributed by atoms with E-state index in [4.69, 9.17) is 0 Å². The zero-order valence-corrected chi connectivity index (χ0v) is 16.6. The highest BCUT2D eigenvalue weighted by Crippen LogP contribution is 2.32. The molecule has 1 atom stereocenters. The molecule has 1 unspecified atom stereocenters. The lowest BCUT2D eigenvalue weighted by atomic mass is 10.1. The van der Waals surface area contributed by atoms with Crippen LogP contribution in [-0.2, 0) is 4.79 Å². The maximum atomic E-state index is 12.9. The number of piperazine rings is 1. The van der Waals surface area contributed by atoms with E-state index in [0.29, 0.717) is 49.5 Å². The summed E-state index contributed by atoms with van der Waals surface area (Å²) >= 11 is 0. The summed E-state index contributed by atoms with van der Waals surface area (Å²) in [5.41, 5.74) is 0.729. The van der Waals surface area contributed by atoms with E-state index in [1.807, 2.05) is 6.92 Å². The van der Waals surface area contributed by atoms with Crippen molar-refractivity contribution in [3.63, 3.8) is 0 Å². The van der Waals surface area contributed by atoms with Crippen molar-refractivity contribution in [3.8, 4) is 0 Å². The van der Waals surface area contributed by atoms with Crippen LogP contribution in [0.4, 0.5) is 11.4 Å². The lowest BCUT2D eigenvalue weighted by Crippen LogP contribution is -2.55. The van der Waals surface area contributed by atoms with Gasteiger partial charge in [0.15, 0.2) is 0 Å². The van der Waals surface area contributed by atoms with Gasteiger partial charge in [-0.3, -0.25) is 24.6 Å². The number of anilines is 1. The smallest absolute Gasteiger partial charge is 0.293 e. The van der Waals surface area contributed by atoms with Crippen LogP contribution in [0.5, 0.6) is 0 Å². The number of nitrogens with one attached hydrogen (secondary N) is 2. The maximum Gasteiger partial charge on any atom is 0.293 e. The Morgan fingerprint density at radius 1 is 1.10 bits per heavy atom. The zero-order chi connectivity index (χ0) is 20.5. The number of benzene rings is 1. The summed E-state index contributed by atoms with van der Waals surface area (Å²) in [6.45, 7) is 4.10. The number of hydrogen-bond acceptors (Lipinski definition) is 6. The number of carbonyl (C=O) groups excluding carboxylic acids is 2. The van der Waals surface area contributed by atoms with Gasteiger partial charge in [0.05, 0.1) is 11.0 Å². The van der Waals surface area contributed by atoms with E-state index >= 15 is 0 Å². The third-order valence-electron chi connectivity index (χ3n) is 5.83. The van der Waals surface area contributed by atoms with Crippen LogP contribution >= 0.6 is 0 Å². The van der Waals surface area contributed by atoms with E-state index in [1.54, 1.807) is 17.0 Å². The van der Waals surface area contributed by atoms with Gasteiger partial charge in [0.25, 0.3) is 11.6 Å². The second-order valence-electron chi connectivity index (χ2n) is 8.19. The summed E-state index contributed by atoms with van der Waals surface area (Å²) in [6, 6.07) is 5.05. The van der Waals surface area contributed by atoms with Crippen molar-refractivity contribution in [2.75, 3.05) is 31.5 Å². The summed E-state index contributed by atoms with van der Waals surface area (Å²) in [7, 11) is 0. The van der Waals surface area contributed by atoms with E-state index in [0.717, 1.165) is 25.7 Å². The number of carbonyl (C=O) groups is 2. The summed E-state index contributed by atoms with van der Waals surface area (Å²) in [4.78, 5) is 39.9. The van der Waals surface area contributed by atoms with Gasteiger partial charge in [0, 0.05) is 49.9 Å². The summed E-state index contributed by atoms with van der Waals surface area (Å²) in [6.07, 6.45) is 4.14. The fraction of sp³-hybridized carbons (Fsp3) is 0.600. The molecule has 1 heterocycles. The average molecular weight is 401 g/mol. The molecule has 1 aromatic carbocycles. The lowest BCUT2D eigenvalue weighted by Gasteiger charge is -2.37. The predicted octanol–water partition coefficient (Wildman–Crippen LogP) is 1.59. The minimum Gasteiger partial charge on any atom is -0.377 e. The first-order valence-electron chi connectivity index (χ1n) is 10.3. The van der Waals surface area contributed by atoms with Crippen LogP contribution in [0.2, 0.25) is 0 Å². The Morgan fingerprint density at radius 3 is 2.34 bits per heavy atom. The van der Waals surface area contributed by atoms with Gasteiger partial charge in [-0.1, -0.05) is 0 Å². The van der Waals surface area contributed by atoms with Gasteiger partial charge in [0.1, 0.15) is 5.69 Å². The molecule has 9 nitrogen and oxygen atoms in total. The van der Waals surface area contributed by atoms with Crippen molar-refractivity contribution in [1.29, 1.82) is 0 Å². The highest BCUT2D eigenvalue weighted by Gasteiger charge is 2.32. The number of hydrogen-bond donors (Lipinski definition) is 2. The van der Waals surface area contributed by atoms with E-state index < -0.39 is 4.92 Å². The molecule has 0 radical (unpaired) electrons. The first-order valence-corrected chi connectivity index (χ1v) is 10.3.